The third-order valence-corrected chi connectivity index (χ3v) is 5.87. The van der Waals surface area contributed by atoms with Crippen LogP contribution in [0.3, 0.4) is 0 Å². The fourth-order valence-corrected chi connectivity index (χ4v) is 3.82. The SMILES string of the molecule is COc1ccc(CNC2CC(C(C)C)NC(NC(=O)Nc3ccc(OC(F)(F)F)cc3)N2C)cc1. The van der Waals surface area contributed by atoms with Crippen molar-refractivity contribution in [3.05, 3.63) is 54.1 Å². The molecule has 0 aromatic heterocycles. The fourth-order valence-electron chi connectivity index (χ4n) is 3.82. The predicted molar refractivity (Wildman–Crippen MR) is 127 cm³/mol. The van der Waals surface area contributed by atoms with E-state index in [-0.39, 0.29) is 18.0 Å². The quantitative estimate of drug-likeness (QED) is 0.442. The van der Waals surface area contributed by atoms with E-state index in [0.29, 0.717) is 18.2 Å². The number of hydrogen-bond acceptors (Lipinski definition) is 6. The van der Waals surface area contributed by atoms with Crippen LogP contribution >= 0.6 is 0 Å². The van der Waals surface area contributed by atoms with Gasteiger partial charge in [-0.15, -0.1) is 13.2 Å². The molecule has 1 saturated heterocycles. The first-order valence-electron chi connectivity index (χ1n) is 11.3. The number of carbonyl (C=O) groups excluding carboxylic acids is 1. The van der Waals surface area contributed by atoms with E-state index < -0.39 is 18.7 Å². The van der Waals surface area contributed by atoms with Crippen molar-refractivity contribution in [3.63, 3.8) is 0 Å². The number of alkyl halides is 3. The van der Waals surface area contributed by atoms with Crippen molar-refractivity contribution >= 4 is 11.7 Å². The van der Waals surface area contributed by atoms with Crippen molar-refractivity contribution < 1.29 is 27.4 Å². The van der Waals surface area contributed by atoms with Crippen LogP contribution in [0.15, 0.2) is 48.5 Å². The summed E-state index contributed by atoms with van der Waals surface area (Å²) in [6.07, 6.45) is -4.40. The number of benzene rings is 2. The fraction of sp³-hybridized carbons (Fsp3) is 0.458. The molecular formula is C24H32F3N5O3. The summed E-state index contributed by atoms with van der Waals surface area (Å²) in [4.78, 5) is 14.6. The number of halogens is 3. The third kappa shape index (κ3) is 8.01. The van der Waals surface area contributed by atoms with Gasteiger partial charge in [-0.1, -0.05) is 26.0 Å². The van der Waals surface area contributed by atoms with E-state index >= 15 is 0 Å². The zero-order valence-corrected chi connectivity index (χ0v) is 20.1. The lowest BCUT2D eigenvalue weighted by molar-refractivity contribution is -0.274. The molecular weight excluding hydrogens is 463 g/mol. The molecule has 0 radical (unpaired) electrons. The molecule has 3 rings (SSSR count). The molecule has 4 N–H and O–H groups in total. The number of hydrogen-bond donors (Lipinski definition) is 4. The average Bonchev–Trinajstić information content (AvgIpc) is 2.80. The van der Waals surface area contributed by atoms with E-state index in [1.165, 1.54) is 12.1 Å². The van der Waals surface area contributed by atoms with Crippen molar-refractivity contribution in [2.75, 3.05) is 19.5 Å². The minimum Gasteiger partial charge on any atom is -0.497 e. The van der Waals surface area contributed by atoms with Crippen molar-refractivity contribution in [3.8, 4) is 11.5 Å². The maximum absolute atomic E-state index is 12.6. The molecule has 0 saturated carbocycles. The first-order chi connectivity index (χ1) is 16.5. The van der Waals surface area contributed by atoms with Crippen LogP contribution in [0.25, 0.3) is 0 Å². The number of carbonyl (C=O) groups is 1. The Bertz CT molecular complexity index is 954. The van der Waals surface area contributed by atoms with Crippen molar-refractivity contribution in [2.45, 2.75) is 51.7 Å². The Kier molecular flexibility index (Phi) is 8.82. The van der Waals surface area contributed by atoms with Gasteiger partial charge in [-0.25, -0.2) is 4.79 Å². The lowest BCUT2D eigenvalue weighted by Crippen LogP contribution is -2.69. The van der Waals surface area contributed by atoms with Crippen LogP contribution in [-0.4, -0.2) is 49.9 Å². The Labute approximate surface area is 203 Å². The van der Waals surface area contributed by atoms with E-state index in [1.54, 1.807) is 7.11 Å². The van der Waals surface area contributed by atoms with Gasteiger partial charge in [-0.3, -0.25) is 15.5 Å². The number of urea groups is 1. The Morgan fingerprint density at radius 2 is 1.74 bits per heavy atom. The Morgan fingerprint density at radius 3 is 2.31 bits per heavy atom. The van der Waals surface area contributed by atoms with Crippen molar-refractivity contribution in [2.24, 2.45) is 5.92 Å². The van der Waals surface area contributed by atoms with Crippen LogP contribution in [0, 0.1) is 5.92 Å². The summed E-state index contributed by atoms with van der Waals surface area (Å²) >= 11 is 0. The molecule has 1 aliphatic rings. The van der Waals surface area contributed by atoms with Crippen molar-refractivity contribution in [1.82, 2.24) is 20.9 Å². The number of ether oxygens (including phenoxy) is 2. The van der Waals surface area contributed by atoms with E-state index in [0.717, 1.165) is 29.9 Å². The van der Waals surface area contributed by atoms with Gasteiger partial charge < -0.3 is 20.1 Å². The number of nitrogens with zero attached hydrogens (tertiary/aromatic N) is 1. The molecule has 2 aromatic rings. The summed E-state index contributed by atoms with van der Waals surface area (Å²) in [5.74, 6) is 0.774. The van der Waals surface area contributed by atoms with E-state index in [1.807, 2.05) is 36.2 Å². The first-order valence-corrected chi connectivity index (χ1v) is 11.3. The summed E-state index contributed by atoms with van der Waals surface area (Å²) < 4.78 is 46.0. The Balaban J connectivity index is 1.59. The van der Waals surface area contributed by atoms with Crippen LogP contribution in [0.5, 0.6) is 11.5 Å². The van der Waals surface area contributed by atoms with Crippen LogP contribution in [-0.2, 0) is 6.54 Å². The summed E-state index contributed by atoms with van der Waals surface area (Å²) in [5, 5.41) is 12.5. The average molecular weight is 496 g/mol. The highest BCUT2D eigenvalue weighted by atomic mass is 19.4. The van der Waals surface area contributed by atoms with Crippen LogP contribution in [0.1, 0.15) is 25.8 Å². The third-order valence-electron chi connectivity index (χ3n) is 5.87. The highest BCUT2D eigenvalue weighted by Gasteiger charge is 2.35. The monoisotopic (exact) mass is 495 g/mol. The molecule has 2 aromatic carbocycles. The highest BCUT2D eigenvalue weighted by Crippen LogP contribution is 2.24. The summed E-state index contributed by atoms with van der Waals surface area (Å²) in [7, 11) is 3.54. The second-order valence-electron chi connectivity index (χ2n) is 8.74. The standard InChI is InChI=1S/C24H32F3N5O3/c1-15(2)20-13-21(28-14-16-5-9-18(34-4)10-6-16)32(3)22(30-20)31-23(33)29-17-7-11-19(12-8-17)35-24(25,26)27/h5-12,15,20-22,28,30H,13-14H2,1-4H3,(H2,29,31,33). The van der Waals surface area contributed by atoms with Gasteiger partial charge in [0.15, 0.2) is 0 Å². The van der Waals surface area contributed by atoms with Gasteiger partial charge in [0, 0.05) is 18.3 Å². The zero-order valence-electron chi connectivity index (χ0n) is 20.1. The molecule has 1 fully saturated rings. The number of methoxy groups -OCH3 is 1. The highest BCUT2D eigenvalue weighted by molar-refractivity contribution is 5.89. The number of nitrogens with one attached hydrogen (secondary N) is 4. The van der Waals surface area contributed by atoms with Crippen LogP contribution in [0.2, 0.25) is 0 Å². The predicted octanol–water partition coefficient (Wildman–Crippen LogP) is 4.06. The Morgan fingerprint density at radius 1 is 1.11 bits per heavy atom. The minimum absolute atomic E-state index is 0.00477. The lowest BCUT2D eigenvalue weighted by Gasteiger charge is -2.45. The second kappa shape index (κ2) is 11.6. The van der Waals surface area contributed by atoms with Gasteiger partial charge in [0.25, 0.3) is 0 Å². The lowest BCUT2D eigenvalue weighted by atomic mass is 9.96. The molecule has 35 heavy (non-hydrogen) atoms. The topological polar surface area (TPSA) is 86.9 Å². The second-order valence-corrected chi connectivity index (χ2v) is 8.74. The zero-order chi connectivity index (χ0) is 25.6. The van der Waals surface area contributed by atoms with Gasteiger partial charge in [0.05, 0.1) is 13.3 Å². The van der Waals surface area contributed by atoms with Crippen LogP contribution < -0.4 is 30.7 Å². The van der Waals surface area contributed by atoms with E-state index in [2.05, 4.69) is 39.9 Å². The van der Waals surface area contributed by atoms with Gasteiger partial charge in [-0.05, 0) is 61.3 Å². The molecule has 0 bridgehead atoms. The number of rotatable bonds is 8. The summed E-state index contributed by atoms with van der Waals surface area (Å²) in [6, 6.07) is 12.5. The molecule has 0 spiro atoms. The smallest absolute Gasteiger partial charge is 0.497 e. The molecule has 11 heteroatoms. The van der Waals surface area contributed by atoms with Gasteiger partial charge in [-0.2, -0.15) is 0 Å². The molecule has 192 valence electrons. The van der Waals surface area contributed by atoms with Gasteiger partial charge >= 0.3 is 12.4 Å². The molecule has 1 aliphatic heterocycles. The molecule has 1 heterocycles. The van der Waals surface area contributed by atoms with E-state index in [4.69, 9.17) is 4.74 Å². The van der Waals surface area contributed by atoms with Crippen LogP contribution in [0.4, 0.5) is 23.7 Å². The molecule has 8 nitrogen and oxygen atoms in total. The maximum Gasteiger partial charge on any atom is 0.573 e. The first kappa shape index (κ1) is 26.6. The summed E-state index contributed by atoms with van der Waals surface area (Å²) in [5.41, 5.74) is 1.45. The Hall–Kier alpha value is -3.02. The largest absolute Gasteiger partial charge is 0.573 e. The van der Waals surface area contributed by atoms with E-state index in [9.17, 15) is 18.0 Å². The minimum atomic E-state index is -4.77. The van der Waals surface area contributed by atoms with Gasteiger partial charge in [0.2, 0.25) is 0 Å². The summed E-state index contributed by atoms with van der Waals surface area (Å²) in [6.45, 7) is 4.88. The maximum atomic E-state index is 12.6. The normalized spacial score (nSPS) is 21.0. The molecule has 0 aliphatic carbocycles. The molecule has 3 unspecified atom stereocenters. The number of amides is 2. The van der Waals surface area contributed by atoms with Gasteiger partial charge in [0.1, 0.15) is 17.8 Å². The molecule has 2 amide bonds. The van der Waals surface area contributed by atoms with Crippen molar-refractivity contribution in [1.29, 1.82) is 0 Å². The number of anilines is 1. The molecule has 3 atom stereocenters.